The van der Waals surface area contributed by atoms with Crippen LogP contribution in [0.4, 0.5) is 5.69 Å². The van der Waals surface area contributed by atoms with Crippen LogP contribution in [0.3, 0.4) is 0 Å². The Hall–Kier alpha value is -3.24. The van der Waals surface area contributed by atoms with E-state index >= 15 is 0 Å². The second-order valence-corrected chi connectivity index (χ2v) is 6.56. The van der Waals surface area contributed by atoms with Gasteiger partial charge in [0.15, 0.2) is 4.80 Å². The van der Waals surface area contributed by atoms with Gasteiger partial charge in [0.2, 0.25) is 0 Å². The van der Waals surface area contributed by atoms with Gasteiger partial charge >= 0.3 is 0 Å². The normalized spacial score (nSPS) is 11.5. The lowest BCUT2D eigenvalue weighted by atomic mass is 10.1. The molecule has 0 fully saturated rings. The van der Waals surface area contributed by atoms with Crippen molar-refractivity contribution in [1.29, 1.82) is 0 Å². The molecule has 0 bridgehead atoms. The predicted molar refractivity (Wildman–Crippen MR) is 106 cm³/mol. The van der Waals surface area contributed by atoms with Crippen LogP contribution in [0.2, 0.25) is 0 Å². The summed E-state index contributed by atoms with van der Waals surface area (Å²) in [5.41, 5.74) is 3.29. The lowest BCUT2D eigenvalue weighted by Crippen LogP contribution is -2.24. The highest BCUT2D eigenvalue weighted by molar-refractivity contribution is 7.07. The zero-order valence-corrected chi connectivity index (χ0v) is 14.8. The van der Waals surface area contributed by atoms with Gasteiger partial charge < -0.3 is 0 Å². The summed E-state index contributed by atoms with van der Waals surface area (Å²) in [4.78, 5) is 18.6. The number of nitrogens with zero attached hydrogens (tertiary/aromatic N) is 2. The van der Waals surface area contributed by atoms with Crippen molar-refractivity contribution < 1.29 is 4.79 Å². The van der Waals surface area contributed by atoms with Gasteiger partial charge in [-0.3, -0.25) is 9.36 Å². The molecule has 126 valence electrons. The molecule has 0 saturated carbocycles. The molecule has 4 rings (SSSR count). The topological polar surface area (TPSA) is 34.4 Å². The maximum absolute atomic E-state index is 13.2. The Morgan fingerprint density at radius 2 is 1.35 bits per heavy atom. The van der Waals surface area contributed by atoms with Crippen LogP contribution in [-0.2, 0) is 0 Å². The smallest absolute Gasteiger partial charge is 0.264 e. The number of hydrogen-bond donors (Lipinski definition) is 0. The van der Waals surface area contributed by atoms with Crippen molar-refractivity contribution in [2.45, 2.75) is 0 Å². The standard InChI is InChI=1S/C22H16N2OS/c25-21(18-12-6-2-7-13-18)24-20(17-10-4-1-5-11-17)16-26-22(24)23-19-14-8-3-9-15-19/h1-16H. The second kappa shape index (κ2) is 7.33. The van der Waals surface area contributed by atoms with Gasteiger partial charge in [0.1, 0.15) is 0 Å². The molecule has 3 aromatic carbocycles. The van der Waals surface area contributed by atoms with Crippen molar-refractivity contribution in [3.05, 3.63) is 107 Å². The van der Waals surface area contributed by atoms with Crippen LogP contribution in [0.1, 0.15) is 10.4 Å². The van der Waals surface area contributed by atoms with Gasteiger partial charge in [0.25, 0.3) is 5.91 Å². The van der Waals surface area contributed by atoms with Gasteiger partial charge in [-0.2, -0.15) is 0 Å². The number of hydrogen-bond acceptors (Lipinski definition) is 3. The van der Waals surface area contributed by atoms with Gasteiger partial charge in [-0.15, -0.1) is 11.3 Å². The fourth-order valence-corrected chi connectivity index (χ4v) is 3.62. The van der Waals surface area contributed by atoms with Crippen LogP contribution < -0.4 is 4.80 Å². The lowest BCUT2D eigenvalue weighted by Gasteiger charge is -2.08. The molecule has 0 aliphatic rings. The Labute approximate surface area is 155 Å². The maximum Gasteiger partial charge on any atom is 0.264 e. The van der Waals surface area contributed by atoms with E-state index < -0.39 is 0 Å². The van der Waals surface area contributed by atoms with Crippen LogP contribution in [0.15, 0.2) is 101 Å². The summed E-state index contributed by atoms with van der Waals surface area (Å²) in [5.74, 6) is -0.0830. The van der Waals surface area contributed by atoms with Crippen LogP contribution in [0.25, 0.3) is 11.3 Å². The van der Waals surface area contributed by atoms with E-state index in [9.17, 15) is 4.79 Å². The van der Waals surface area contributed by atoms with E-state index in [4.69, 9.17) is 4.99 Å². The molecule has 4 aromatic rings. The van der Waals surface area contributed by atoms with E-state index in [0.29, 0.717) is 10.4 Å². The lowest BCUT2D eigenvalue weighted by molar-refractivity contribution is 0.0959. The van der Waals surface area contributed by atoms with E-state index in [-0.39, 0.29) is 5.91 Å². The Morgan fingerprint density at radius 3 is 2.00 bits per heavy atom. The molecule has 0 saturated heterocycles. The number of carbonyl (C=O) groups is 1. The van der Waals surface area contributed by atoms with Crippen LogP contribution >= 0.6 is 11.3 Å². The molecular formula is C22H16N2OS. The van der Waals surface area contributed by atoms with E-state index in [0.717, 1.165) is 16.9 Å². The molecule has 1 aromatic heterocycles. The molecule has 0 amide bonds. The SMILES string of the molecule is O=C(c1ccccc1)n1c(-c2ccccc2)csc1=Nc1ccccc1. The molecule has 0 spiro atoms. The first-order valence-electron chi connectivity index (χ1n) is 8.28. The van der Waals surface area contributed by atoms with E-state index in [1.54, 1.807) is 4.57 Å². The van der Waals surface area contributed by atoms with E-state index in [2.05, 4.69) is 0 Å². The highest BCUT2D eigenvalue weighted by Crippen LogP contribution is 2.21. The summed E-state index contributed by atoms with van der Waals surface area (Å²) < 4.78 is 1.70. The molecule has 0 aliphatic heterocycles. The Bertz CT molecular complexity index is 1080. The second-order valence-electron chi connectivity index (χ2n) is 5.72. The molecule has 0 N–H and O–H groups in total. The molecule has 26 heavy (non-hydrogen) atoms. The fraction of sp³-hybridized carbons (Fsp3) is 0. The summed E-state index contributed by atoms with van der Waals surface area (Å²) in [6, 6.07) is 28.9. The zero-order valence-electron chi connectivity index (χ0n) is 13.9. The number of thiazole rings is 1. The Kier molecular flexibility index (Phi) is 4.58. The van der Waals surface area contributed by atoms with Gasteiger partial charge in [-0.05, 0) is 29.8 Å². The molecular weight excluding hydrogens is 340 g/mol. The molecule has 1 heterocycles. The average molecular weight is 356 g/mol. The van der Waals surface area contributed by atoms with Gasteiger partial charge in [0.05, 0.1) is 11.4 Å². The Morgan fingerprint density at radius 1 is 0.769 bits per heavy atom. The predicted octanol–water partition coefficient (Wildman–Crippen LogP) is 5.14. The zero-order chi connectivity index (χ0) is 17.8. The van der Waals surface area contributed by atoms with Crippen LogP contribution in [0.5, 0.6) is 0 Å². The number of para-hydroxylation sites is 1. The monoisotopic (exact) mass is 356 g/mol. The molecule has 0 atom stereocenters. The number of rotatable bonds is 3. The van der Waals surface area contributed by atoms with Crippen LogP contribution in [0, 0.1) is 0 Å². The molecule has 0 unspecified atom stereocenters. The fourth-order valence-electron chi connectivity index (χ4n) is 2.72. The number of carbonyl (C=O) groups excluding carboxylic acids is 1. The molecule has 3 nitrogen and oxygen atoms in total. The quantitative estimate of drug-likeness (QED) is 0.501. The number of benzene rings is 3. The number of aromatic nitrogens is 1. The summed E-state index contributed by atoms with van der Waals surface area (Å²) in [7, 11) is 0. The van der Waals surface area contributed by atoms with Crippen molar-refractivity contribution in [2.24, 2.45) is 4.99 Å². The van der Waals surface area contributed by atoms with Gasteiger partial charge in [-0.1, -0.05) is 66.7 Å². The van der Waals surface area contributed by atoms with Gasteiger partial charge in [0, 0.05) is 10.9 Å². The first-order valence-corrected chi connectivity index (χ1v) is 9.16. The minimum atomic E-state index is -0.0830. The van der Waals surface area contributed by atoms with E-state index in [1.807, 2.05) is 96.4 Å². The average Bonchev–Trinajstić information content (AvgIpc) is 3.13. The first kappa shape index (κ1) is 16.2. The largest absolute Gasteiger partial charge is 0.268 e. The van der Waals surface area contributed by atoms with Crippen molar-refractivity contribution in [3.8, 4) is 11.3 Å². The third-order valence-corrected chi connectivity index (χ3v) is 4.81. The van der Waals surface area contributed by atoms with Crippen molar-refractivity contribution >= 4 is 22.9 Å². The molecule has 4 heteroatoms. The van der Waals surface area contributed by atoms with Crippen molar-refractivity contribution in [1.82, 2.24) is 4.57 Å². The molecule has 0 radical (unpaired) electrons. The van der Waals surface area contributed by atoms with E-state index in [1.165, 1.54) is 11.3 Å². The van der Waals surface area contributed by atoms with Crippen molar-refractivity contribution in [3.63, 3.8) is 0 Å². The minimum absolute atomic E-state index is 0.0830. The van der Waals surface area contributed by atoms with Gasteiger partial charge in [-0.25, -0.2) is 4.99 Å². The maximum atomic E-state index is 13.2. The first-order chi connectivity index (χ1) is 12.8. The summed E-state index contributed by atoms with van der Waals surface area (Å²) >= 11 is 1.46. The van der Waals surface area contributed by atoms with Crippen LogP contribution in [-0.4, -0.2) is 10.5 Å². The third kappa shape index (κ3) is 3.27. The highest BCUT2D eigenvalue weighted by atomic mass is 32.1. The Balaban J connectivity index is 1.92. The molecule has 0 aliphatic carbocycles. The minimum Gasteiger partial charge on any atom is -0.268 e. The van der Waals surface area contributed by atoms with Crippen molar-refractivity contribution in [2.75, 3.05) is 0 Å². The third-order valence-electron chi connectivity index (χ3n) is 3.98. The highest BCUT2D eigenvalue weighted by Gasteiger charge is 2.16. The summed E-state index contributed by atoms with van der Waals surface area (Å²) in [6.07, 6.45) is 0. The summed E-state index contributed by atoms with van der Waals surface area (Å²) in [5, 5.41) is 1.98. The summed E-state index contributed by atoms with van der Waals surface area (Å²) in [6.45, 7) is 0.